The van der Waals surface area contributed by atoms with Crippen LogP contribution >= 0.6 is 11.6 Å². The van der Waals surface area contributed by atoms with Gasteiger partial charge in [0.1, 0.15) is 12.4 Å². The van der Waals surface area contributed by atoms with E-state index in [1.54, 1.807) is 19.1 Å². The van der Waals surface area contributed by atoms with E-state index in [-0.39, 0.29) is 24.1 Å². The van der Waals surface area contributed by atoms with E-state index in [0.29, 0.717) is 53.5 Å². The average Bonchev–Trinajstić information content (AvgIpc) is 2.81. The molecule has 0 saturated heterocycles. The molecule has 1 N–H and O–H groups in total. The number of allylic oxidation sites excluding steroid dienone is 3. The standard InChI is InChI=1S/C27H27ClFNO4/c1-3-33-12-13-34-27(32)24-16(2)30-22-14-19(17-4-8-20(28)9-5-17)15-23(31)26(22)25(24)18-6-10-21(29)11-7-18/h4-11,19,25,30H,3,12-15H2,1-2H3. The SMILES string of the molecule is CCOCCOC(=O)C1=C(C)NC2=C(C(=O)CC(c3ccc(Cl)cc3)C2)C1c1ccc(F)cc1. The fraction of sp³-hybridized carbons (Fsp3) is 0.333. The highest BCUT2D eigenvalue weighted by atomic mass is 35.5. The molecule has 4 rings (SSSR count). The van der Waals surface area contributed by atoms with Crippen molar-refractivity contribution in [3.05, 3.63) is 93.0 Å². The number of hydrogen-bond acceptors (Lipinski definition) is 5. The number of carbonyl (C=O) groups is 2. The van der Waals surface area contributed by atoms with Gasteiger partial charge in [0, 0.05) is 40.9 Å². The van der Waals surface area contributed by atoms with Crippen LogP contribution in [-0.4, -0.2) is 31.6 Å². The van der Waals surface area contributed by atoms with E-state index in [1.165, 1.54) is 12.1 Å². The first-order valence-electron chi connectivity index (χ1n) is 11.4. The summed E-state index contributed by atoms with van der Waals surface area (Å²) in [5.41, 5.74) is 4.02. The number of rotatable bonds is 7. The summed E-state index contributed by atoms with van der Waals surface area (Å²) in [5.74, 6) is -1.58. The zero-order chi connectivity index (χ0) is 24.2. The second kappa shape index (κ2) is 10.5. The summed E-state index contributed by atoms with van der Waals surface area (Å²) in [6.07, 6.45) is 0.927. The Labute approximate surface area is 203 Å². The highest BCUT2D eigenvalue weighted by Gasteiger charge is 2.41. The van der Waals surface area contributed by atoms with Gasteiger partial charge in [0.15, 0.2) is 5.78 Å². The van der Waals surface area contributed by atoms with Crippen molar-refractivity contribution in [3.63, 3.8) is 0 Å². The van der Waals surface area contributed by atoms with Crippen LogP contribution < -0.4 is 5.32 Å². The van der Waals surface area contributed by atoms with Crippen LogP contribution in [0.5, 0.6) is 0 Å². The van der Waals surface area contributed by atoms with Crippen molar-refractivity contribution >= 4 is 23.4 Å². The quantitative estimate of drug-likeness (QED) is 0.421. The van der Waals surface area contributed by atoms with Gasteiger partial charge >= 0.3 is 5.97 Å². The minimum absolute atomic E-state index is 0.00243. The number of nitrogens with one attached hydrogen (secondary N) is 1. The summed E-state index contributed by atoms with van der Waals surface area (Å²) in [7, 11) is 0. The van der Waals surface area contributed by atoms with Gasteiger partial charge in [-0.15, -0.1) is 0 Å². The first-order valence-corrected chi connectivity index (χ1v) is 11.8. The molecule has 0 saturated carbocycles. The Morgan fingerprint density at radius 1 is 1.06 bits per heavy atom. The normalized spacial score (nSPS) is 20.2. The lowest BCUT2D eigenvalue weighted by Crippen LogP contribution is -2.36. The van der Waals surface area contributed by atoms with Crippen LogP contribution in [0, 0.1) is 5.82 Å². The molecule has 0 bridgehead atoms. The summed E-state index contributed by atoms with van der Waals surface area (Å²) in [4.78, 5) is 26.6. The van der Waals surface area contributed by atoms with Crippen molar-refractivity contribution in [2.45, 2.75) is 38.5 Å². The molecule has 2 aliphatic rings. The maximum absolute atomic E-state index is 13.7. The molecule has 1 aliphatic heterocycles. The van der Waals surface area contributed by atoms with Crippen molar-refractivity contribution < 1.29 is 23.5 Å². The van der Waals surface area contributed by atoms with Gasteiger partial charge in [-0.1, -0.05) is 35.9 Å². The minimum Gasteiger partial charge on any atom is -0.460 e. The molecular formula is C27H27ClFNO4. The number of ether oxygens (including phenoxy) is 2. The number of esters is 1. The Balaban J connectivity index is 1.70. The van der Waals surface area contributed by atoms with Gasteiger partial charge < -0.3 is 14.8 Å². The molecule has 178 valence electrons. The van der Waals surface area contributed by atoms with E-state index in [9.17, 15) is 14.0 Å². The number of ketones is 1. The van der Waals surface area contributed by atoms with Crippen LogP contribution in [0.4, 0.5) is 4.39 Å². The summed E-state index contributed by atoms with van der Waals surface area (Å²) < 4.78 is 24.4. The molecule has 0 spiro atoms. The molecule has 2 aromatic carbocycles. The molecule has 1 aliphatic carbocycles. The molecule has 2 unspecified atom stereocenters. The third kappa shape index (κ3) is 5.08. The number of halogens is 2. The highest BCUT2D eigenvalue weighted by molar-refractivity contribution is 6.30. The molecule has 0 amide bonds. The summed E-state index contributed by atoms with van der Waals surface area (Å²) in [6, 6.07) is 13.4. The topological polar surface area (TPSA) is 64.6 Å². The second-order valence-electron chi connectivity index (χ2n) is 8.45. The molecule has 5 nitrogen and oxygen atoms in total. The molecule has 0 radical (unpaired) electrons. The van der Waals surface area contributed by atoms with E-state index < -0.39 is 11.9 Å². The van der Waals surface area contributed by atoms with E-state index in [1.807, 2.05) is 31.2 Å². The highest BCUT2D eigenvalue weighted by Crippen LogP contribution is 2.45. The van der Waals surface area contributed by atoms with Gasteiger partial charge in [0.05, 0.1) is 12.2 Å². The number of Topliss-reactive ketones (excluding diaryl/α,β-unsaturated/α-hetero) is 1. The van der Waals surface area contributed by atoms with Crippen LogP contribution in [0.1, 0.15) is 49.7 Å². The van der Waals surface area contributed by atoms with Crippen molar-refractivity contribution in [2.24, 2.45) is 0 Å². The Bertz CT molecular complexity index is 1140. The first kappa shape index (κ1) is 24.2. The van der Waals surface area contributed by atoms with Gasteiger partial charge in [-0.05, 0) is 61.6 Å². The molecule has 0 aromatic heterocycles. The molecule has 7 heteroatoms. The summed E-state index contributed by atoms with van der Waals surface area (Å²) >= 11 is 6.03. The smallest absolute Gasteiger partial charge is 0.336 e. The van der Waals surface area contributed by atoms with E-state index in [4.69, 9.17) is 21.1 Å². The van der Waals surface area contributed by atoms with Gasteiger partial charge in [0.25, 0.3) is 0 Å². The molecule has 2 aromatic rings. The van der Waals surface area contributed by atoms with Crippen LogP contribution in [0.25, 0.3) is 0 Å². The fourth-order valence-corrected chi connectivity index (χ4v) is 4.81. The average molecular weight is 484 g/mol. The largest absolute Gasteiger partial charge is 0.460 e. The second-order valence-corrected chi connectivity index (χ2v) is 8.89. The summed E-state index contributed by atoms with van der Waals surface area (Å²) in [6.45, 7) is 4.59. The third-order valence-corrected chi connectivity index (χ3v) is 6.51. The van der Waals surface area contributed by atoms with Gasteiger partial charge in [-0.2, -0.15) is 0 Å². The lowest BCUT2D eigenvalue weighted by atomic mass is 9.72. The van der Waals surface area contributed by atoms with E-state index in [2.05, 4.69) is 5.32 Å². The van der Waals surface area contributed by atoms with Crippen LogP contribution in [0.3, 0.4) is 0 Å². The Morgan fingerprint density at radius 3 is 2.41 bits per heavy atom. The maximum atomic E-state index is 13.7. The molecule has 34 heavy (non-hydrogen) atoms. The lowest BCUT2D eigenvalue weighted by molar-refractivity contribution is -0.140. The summed E-state index contributed by atoms with van der Waals surface area (Å²) in [5, 5.41) is 3.95. The predicted octanol–water partition coefficient (Wildman–Crippen LogP) is 5.42. The third-order valence-electron chi connectivity index (χ3n) is 6.26. The van der Waals surface area contributed by atoms with E-state index in [0.717, 1.165) is 11.3 Å². The first-order chi connectivity index (χ1) is 16.4. The zero-order valence-electron chi connectivity index (χ0n) is 19.2. The van der Waals surface area contributed by atoms with Crippen molar-refractivity contribution in [1.29, 1.82) is 0 Å². The predicted molar refractivity (Wildman–Crippen MR) is 128 cm³/mol. The lowest BCUT2D eigenvalue weighted by Gasteiger charge is -2.36. The van der Waals surface area contributed by atoms with Crippen molar-refractivity contribution in [3.8, 4) is 0 Å². The van der Waals surface area contributed by atoms with Crippen LogP contribution in [-0.2, 0) is 19.1 Å². The Hall–Kier alpha value is -2.96. The van der Waals surface area contributed by atoms with Crippen LogP contribution in [0.2, 0.25) is 5.02 Å². The minimum atomic E-state index is -0.630. The van der Waals surface area contributed by atoms with Crippen LogP contribution in [0.15, 0.2) is 71.1 Å². The van der Waals surface area contributed by atoms with Gasteiger partial charge in [-0.25, -0.2) is 9.18 Å². The molecule has 0 fully saturated rings. The molecule has 1 heterocycles. The Morgan fingerprint density at radius 2 is 1.74 bits per heavy atom. The number of hydrogen-bond donors (Lipinski definition) is 1. The number of benzene rings is 2. The van der Waals surface area contributed by atoms with Gasteiger partial charge in [0.2, 0.25) is 0 Å². The van der Waals surface area contributed by atoms with Crippen molar-refractivity contribution in [2.75, 3.05) is 19.8 Å². The van der Waals surface area contributed by atoms with Crippen molar-refractivity contribution in [1.82, 2.24) is 5.32 Å². The maximum Gasteiger partial charge on any atom is 0.336 e. The van der Waals surface area contributed by atoms with E-state index >= 15 is 0 Å². The zero-order valence-corrected chi connectivity index (χ0v) is 20.0. The molecule has 2 atom stereocenters. The molecular weight excluding hydrogens is 457 g/mol. The number of carbonyl (C=O) groups excluding carboxylic acids is 2. The van der Waals surface area contributed by atoms with Gasteiger partial charge in [-0.3, -0.25) is 4.79 Å². The monoisotopic (exact) mass is 483 g/mol. The fourth-order valence-electron chi connectivity index (χ4n) is 4.68. The number of dihydropyridines is 1. The Kier molecular flexibility index (Phi) is 7.49.